The van der Waals surface area contributed by atoms with E-state index in [1.54, 1.807) is 0 Å². The van der Waals surface area contributed by atoms with Gasteiger partial charge in [0.2, 0.25) is 0 Å². The number of nitrogens with one attached hydrogen (secondary N) is 1. The highest BCUT2D eigenvalue weighted by atomic mass is 16.3. The van der Waals surface area contributed by atoms with E-state index in [9.17, 15) is 10.2 Å². The molecule has 0 fully saturated rings. The molecule has 102 valence electrons. The number of fused-ring (bicyclic) bond motifs is 1. The molecule has 0 aromatic heterocycles. The van der Waals surface area contributed by atoms with Crippen LogP contribution in [0, 0.1) is 0 Å². The summed E-state index contributed by atoms with van der Waals surface area (Å²) in [7, 11) is 0. The summed E-state index contributed by atoms with van der Waals surface area (Å²) in [5.41, 5.74) is 0.774. The largest absolute Gasteiger partial charge is 0.389 e. The molecule has 0 radical (unpaired) electrons. The van der Waals surface area contributed by atoms with Crippen LogP contribution in [-0.2, 0) is 0 Å². The summed E-state index contributed by atoms with van der Waals surface area (Å²) < 4.78 is 0. The van der Waals surface area contributed by atoms with E-state index >= 15 is 0 Å². The van der Waals surface area contributed by atoms with Crippen molar-refractivity contribution in [2.75, 3.05) is 6.54 Å². The molecule has 0 bridgehead atoms. The minimum absolute atomic E-state index is 0.286. The second-order valence-electron chi connectivity index (χ2n) is 5.14. The first-order valence-corrected chi connectivity index (χ1v) is 6.66. The highest BCUT2D eigenvalue weighted by molar-refractivity contribution is 5.86. The molecule has 2 rings (SSSR count). The molecular formula is C16H21NO2. The quantitative estimate of drug-likeness (QED) is 0.772. The first-order valence-electron chi connectivity index (χ1n) is 6.66. The van der Waals surface area contributed by atoms with Crippen molar-refractivity contribution < 1.29 is 10.2 Å². The predicted octanol–water partition coefficient (Wildman–Crippen LogP) is 2.23. The fourth-order valence-corrected chi connectivity index (χ4v) is 2.18. The SMILES string of the molecule is CC(C)NC[C@@H](O)[C@@H](O)c1cccc2ccccc12. The fourth-order valence-electron chi connectivity index (χ4n) is 2.18. The number of aliphatic hydroxyl groups is 2. The van der Waals surface area contributed by atoms with E-state index in [-0.39, 0.29) is 6.04 Å². The first-order chi connectivity index (χ1) is 9.09. The average Bonchev–Trinajstić information content (AvgIpc) is 2.43. The van der Waals surface area contributed by atoms with Crippen LogP contribution in [0.4, 0.5) is 0 Å². The van der Waals surface area contributed by atoms with Gasteiger partial charge >= 0.3 is 0 Å². The number of aliphatic hydroxyl groups excluding tert-OH is 2. The standard InChI is InChI=1S/C16H21NO2/c1-11(2)17-10-15(18)16(19)14-9-5-7-12-6-3-4-8-13(12)14/h3-9,11,15-19H,10H2,1-2H3/t15-,16+/m1/s1. The molecule has 0 amide bonds. The Morgan fingerprint density at radius 2 is 1.68 bits per heavy atom. The Bertz CT molecular complexity index is 534. The Kier molecular flexibility index (Phi) is 4.53. The van der Waals surface area contributed by atoms with Crippen LogP contribution in [0.1, 0.15) is 25.5 Å². The van der Waals surface area contributed by atoms with Crippen LogP contribution in [-0.4, -0.2) is 28.9 Å². The fraction of sp³-hybridized carbons (Fsp3) is 0.375. The van der Waals surface area contributed by atoms with Crippen molar-refractivity contribution >= 4 is 10.8 Å². The van der Waals surface area contributed by atoms with E-state index < -0.39 is 12.2 Å². The van der Waals surface area contributed by atoms with Gasteiger partial charge in [0, 0.05) is 12.6 Å². The van der Waals surface area contributed by atoms with E-state index in [0.717, 1.165) is 16.3 Å². The maximum Gasteiger partial charge on any atom is 0.107 e. The summed E-state index contributed by atoms with van der Waals surface area (Å²) in [5.74, 6) is 0. The maximum absolute atomic E-state index is 10.3. The summed E-state index contributed by atoms with van der Waals surface area (Å²) in [5, 5.41) is 25.6. The molecule has 3 N–H and O–H groups in total. The minimum atomic E-state index is -0.877. The monoisotopic (exact) mass is 259 g/mol. The van der Waals surface area contributed by atoms with Crippen LogP contribution < -0.4 is 5.32 Å². The molecule has 0 spiro atoms. The van der Waals surface area contributed by atoms with Crippen molar-refractivity contribution in [3.8, 4) is 0 Å². The maximum atomic E-state index is 10.3. The Hall–Kier alpha value is -1.42. The average molecular weight is 259 g/mol. The normalized spacial score (nSPS) is 14.8. The van der Waals surface area contributed by atoms with Crippen LogP contribution in [0.2, 0.25) is 0 Å². The van der Waals surface area contributed by atoms with Crippen LogP contribution in [0.3, 0.4) is 0 Å². The minimum Gasteiger partial charge on any atom is -0.389 e. The van der Waals surface area contributed by atoms with Gasteiger partial charge in [-0.1, -0.05) is 56.3 Å². The number of hydrogen-bond acceptors (Lipinski definition) is 3. The predicted molar refractivity (Wildman–Crippen MR) is 78.1 cm³/mol. The van der Waals surface area contributed by atoms with Crippen LogP contribution in [0.25, 0.3) is 10.8 Å². The van der Waals surface area contributed by atoms with Crippen molar-refractivity contribution in [1.29, 1.82) is 0 Å². The molecule has 0 unspecified atom stereocenters. The lowest BCUT2D eigenvalue weighted by atomic mass is 9.97. The molecule has 2 aromatic carbocycles. The molecule has 3 nitrogen and oxygen atoms in total. The van der Waals surface area contributed by atoms with Crippen molar-refractivity contribution in [1.82, 2.24) is 5.32 Å². The van der Waals surface area contributed by atoms with Gasteiger partial charge in [0.05, 0.1) is 6.10 Å². The van der Waals surface area contributed by atoms with Crippen LogP contribution in [0.15, 0.2) is 42.5 Å². The van der Waals surface area contributed by atoms with E-state index in [4.69, 9.17) is 0 Å². The van der Waals surface area contributed by atoms with Gasteiger partial charge in [0.1, 0.15) is 6.10 Å². The van der Waals surface area contributed by atoms with Crippen molar-refractivity contribution in [3.63, 3.8) is 0 Å². The first kappa shape index (κ1) is 14.0. The topological polar surface area (TPSA) is 52.5 Å². The van der Waals surface area contributed by atoms with Gasteiger partial charge in [0.15, 0.2) is 0 Å². The van der Waals surface area contributed by atoms with Gasteiger partial charge < -0.3 is 15.5 Å². The van der Waals surface area contributed by atoms with E-state index in [1.165, 1.54) is 0 Å². The van der Waals surface area contributed by atoms with Gasteiger partial charge in [-0.15, -0.1) is 0 Å². The molecule has 0 heterocycles. The molecule has 0 aliphatic heterocycles. The summed E-state index contributed by atoms with van der Waals surface area (Å²) in [4.78, 5) is 0. The number of benzene rings is 2. The zero-order chi connectivity index (χ0) is 13.8. The highest BCUT2D eigenvalue weighted by Gasteiger charge is 2.20. The summed E-state index contributed by atoms with van der Waals surface area (Å²) in [6, 6.07) is 13.9. The third-order valence-corrected chi connectivity index (χ3v) is 3.24. The number of rotatable bonds is 5. The lowest BCUT2D eigenvalue weighted by molar-refractivity contribution is 0.0190. The summed E-state index contributed by atoms with van der Waals surface area (Å²) in [6.07, 6.45) is -1.69. The third kappa shape index (κ3) is 3.32. The molecule has 0 saturated heterocycles. The Morgan fingerprint density at radius 1 is 1.00 bits per heavy atom. The smallest absolute Gasteiger partial charge is 0.107 e. The van der Waals surface area contributed by atoms with Crippen LogP contribution >= 0.6 is 0 Å². The van der Waals surface area contributed by atoms with Crippen LogP contribution in [0.5, 0.6) is 0 Å². The summed E-state index contributed by atoms with van der Waals surface area (Å²) >= 11 is 0. The van der Waals surface area contributed by atoms with E-state index in [1.807, 2.05) is 56.3 Å². The third-order valence-electron chi connectivity index (χ3n) is 3.24. The van der Waals surface area contributed by atoms with Gasteiger partial charge in [-0.3, -0.25) is 0 Å². The lowest BCUT2D eigenvalue weighted by Crippen LogP contribution is -2.35. The highest BCUT2D eigenvalue weighted by Crippen LogP contribution is 2.26. The molecular weight excluding hydrogens is 238 g/mol. The van der Waals surface area contributed by atoms with E-state index in [0.29, 0.717) is 6.54 Å². The zero-order valence-electron chi connectivity index (χ0n) is 11.4. The zero-order valence-corrected chi connectivity index (χ0v) is 11.4. The molecule has 2 atom stereocenters. The Balaban J connectivity index is 2.23. The molecule has 19 heavy (non-hydrogen) atoms. The molecule has 0 aliphatic rings. The number of hydrogen-bond donors (Lipinski definition) is 3. The molecule has 2 aromatic rings. The Morgan fingerprint density at radius 3 is 2.42 bits per heavy atom. The van der Waals surface area contributed by atoms with Crippen molar-refractivity contribution in [2.24, 2.45) is 0 Å². The van der Waals surface area contributed by atoms with Crippen molar-refractivity contribution in [2.45, 2.75) is 32.1 Å². The second kappa shape index (κ2) is 6.15. The van der Waals surface area contributed by atoms with Gasteiger partial charge in [0.25, 0.3) is 0 Å². The van der Waals surface area contributed by atoms with E-state index in [2.05, 4.69) is 5.32 Å². The van der Waals surface area contributed by atoms with Crippen molar-refractivity contribution in [3.05, 3.63) is 48.0 Å². The lowest BCUT2D eigenvalue weighted by Gasteiger charge is -2.21. The van der Waals surface area contributed by atoms with Gasteiger partial charge in [-0.05, 0) is 16.3 Å². The molecule has 0 aliphatic carbocycles. The Labute approximate surface area is 113 Å². The molecule has 3 heteroatoms. The molecule has 0 saturated carbocycles. The van der Waals surface area contributed by atoms with Gasteiger partial charge in [-0.2, -0.15) is 0 Å². The van der Waals surface area contributed by atoms with Gasteiger partial charge in [-0.25, -0.2) is 0 Å². The second-order valence-corrected chi connectivity index (χ2v) is 5.14. The summed E-state index contributed by atoms with van der Waals surface area (Å²) in [6.45, 7) is 4.40.